The lowest BCUT2D eigenvalue weighted by atomic mass is 9.83. The molecule has 6 nitrogen and oxygen atoms in total. The van der Waals surface area contributed by atoms with Crippen LogP contribution in [0.4, 0.5) is 0 Å². The largest absolute Gasteiger partial charge is 0.497 e. The third-order valence-corrected chi connectivity index (χ3v) is 5.74. The Morgan fingerprint density at radius 2 is 2.03 bits per heavy atom. The Hall–Kier alpha value is -2.89. The monoisotopic (exact) mass is 409 g/mol. The van der Waals surface area contributed by atoms with E-state index in [9.17, 15) is 9.59 Å². The van der Waals surface area contributed by atoms with Crippen LogP contribution in [-0.4, -0.2) is 35.4 Å². The first kappa shape index (κ1) is 21.8. The van der Waals surface area contributed by atoms with E-state index in [0.29, 0.717) is 19.4 Å². The maximum absolute atomic E-state index is 13.3. The van der Waals surface area contributed by atoms with Gasteiger partial charge in [-0.15, -0.1) is 0 Å². The minimum absolute atomic E-state index is 0.0389. The Morgan fingerprint density at radius 1 is 1.27 bits per heavy atom. The molecule has 1 saturated heterocycles. The van der Waals surface area contributed by atoms with Crippen molar-refractivity contribution in [3.63, 3.8) is 0 Å². The smallest absolute Gasteiger partial charge is 0.226 e. The summed E-state index contributed by atoms with van der Waals surface area (Å²) in [6, 6.07) is 12.9. The number of hydrogen-bond acceptors (Lipinski definition) is 4. The zero-order valence-corrected chi connectivity index (χ0v) is 18.0. The predicted molar refractivity (Wildman–Crippen MR) is 116 cm³/mol. The fourth-order valence-electron chi connectivity index (χ4n) is 4.06. The van der Waals surface area contributed by atoms with Crippen LogP contribution in [0.1, 0.15) is 62.9 Å². The summed E-state index contributed by atoms with van der Waals surface area (Å²) in [4.78, 5) is 32.3. The second-order valence-corrected chi connectivity index (χ2v) is 7.79. The molecule has 0 radical (unpaired) electrons. The van der Waals surface area contributed by atoms with E-state index in [-0.39, 0.29) is 29.8 Å². The summed E-state index contributed by atoms with van der Waals surface area (Å²) in [6.45, 7) is 4.70. The standard InChI is InChI=1S/C24H31N3O3/c1-4-5-16-27-22(28)14-13-20(23(27)18-9-11-19(30-3)12-10-18)24(29)26-17(2)21-8-6-7-15-25-21/h6-12,15,17,20,23H,4-5,13-14,16H2,1-3H3,(H,26,29)/t17-,20-,23+/m0/s1. The highest BCUT2D eigenvalue weighted by molar-refractivity contribution is 5.85. The van der Waals surface area contributed by atoms with E-state index in [1.165, 1.54) is 0 Å². The van der Waals surface area contributed by atoms with Gasteiger partial charge in [0.15, 0.2) is 0 Å². The molecular weight excluding hydrogens is 378 g/mol. The molecule has 0 aliphatic carbocycles. The molecule has 1 N–H and O–H groups in total. The van der Waals surface area contributed by atoms with Gasteiger partial charge in [0.2, 0.25) is 11.8 Å². The lowest BCUT2D eigenvalue weighted by molar-refractivity contribution is -0.143. The van der Waals surface area contributed by atoms with Crippen LogP contribution in [0.15, 0.2) is 48.7 Å². The van der Waals surface area contributed by atoms with Crippen LogP contribution >= 0.6 is 0 Å². The molecule has 0 bridgehead atoms. The molecule has 160 valence electrons. The van der Waals surface area contributed by atoms with Gasteiger partial charge in [-0.25, -0.2) is 0 Å². The molecule has 1 aliphatic rings. The van der Waals surface area contributed by atoms with Gasteiger partial charge < -0.3 is 15.0 Å². The number of amides is 2. The highest BCUT2D eigenvalue weighted by Gasteiger charge is 2.40. The van der Waals surface area contributed by atoms with Crippen molar-refractivity contribution in [2.45, 2.75) is 51.6 Å². The molecule has 2 amide bonds. The molecule has 1 aromatic heterocycles. The molecule has 2 heterocycles. The van der Waals surface area contributed by atoms with Gasteiger partial charge in [-0.1, -0.05) is 31.5 Å². The molecule has 1 fully saturated rings. The van der Waals surface area contributed by atoms with Crippen molar-refractivity contribution >= 4 is 11.8 Å². The molecular formula is C24H31N3O3. The van der Waals surface area contributed by atoms with Crippen LogP contribution in [0, 0.1) is 5.92 Å². The Labute approximate surface area is 178 Å². The van der Waals surface area contributed by atoms with Gasteiger partial charge in [0, 0.05) is 19.2 Å². The molecule has 0 spiro atoms. The predicted octanol–water partition coefficient (Wildman–Crippen LogP) is 4.05. The van der Waals surface area contributed by atoms with Crippen LogP contribution in [0.25, 0.3) is 0 Å². The summed E-state index contributed by atoms with van der Waals surface area (Å²) in [5.41, 5.74) is 1.78. The molecule has 0 saturated carbocycles. The van der Waals surface area contributed by atoms with Crippen LogP contribution in [0.2, 0.25) is 0 Å². The van der Waals surface area contributed by atoms with Gasteiger partial charge in [0.05, 0.1) is 30.8 Å². The number of ether oxygens (including phenoxy) is 1. The first-order chi connectivity index (χ1) is 14.5. The number of likely N-dealkylation sites (tertiary alicyclic amines) is 1. The van der Waals surface area contributed by atoms with Crippen molar-refractivity contribution in [1.82, 2.24) is 15.2 Å². The second kappa shape index (κ2) is 10.2. The van der Waals surface area contributed by atoms with Crippen molar-refractivity contribution in [1.29, 1.82) is 0 Å². The van der Waals surface area contributed by atoms with Crippen molar-refractivity contribution in [3.8, 4) is 5.75 Å². The van der Waals surface area contributed by atoms with Crippen molar-refractivity contribution in [3.05, 3.63) is 59.9 Å². The number of unbranched alkanes of at least 4 members (excludes halogenated alkanes) is 1. The van der Waals surface area contributed by atoms with Gasteiger partial charge in [-0.05, 0) is 49.6 Å². The minimum atomic E-state index is -0.306. The van der Waals surface area contributed by atoms with Gasteiger partial charge >= 0.3 is 0 Å². The first-order valence-corrected chi connectivity index (χ1v) is 10.7. The number of carbonyl (C=O) groups excluding carboxylic acids is 2. The van der Waals surface area contributed by atoms with Crippen molar-refractivity contribution < 1.29 is 14.3 Å². The van der Waals surface area contributed by atoms with E-state index < -0.39 is 0 Å². The van der Waals surface area contributed by atoms with Gasteiger partial charge in [-0.2, -0.15) is 0 Å². The van der Waals surface area contributed by atoms with Crippen LogP contribution < -0.4 is 10.1 Å². The summed E-state index contributed by atoms with van der Waals surface area (Å²) in [5.74, 6) is 0.527. The quantitative estimate of drug-likeness (QED) is 0.714. The average Bonchev–Trinajstić information content (AvgIpc) is 2.78. The molecule has 3 rings (SSSR count). The lowest BCUT2D eigenvalue weighted by Gasteiger charge is -2.41. The van der Waals surface area contributed by atoms with Gasteiger partial charge in [0.25, 0.3) is 0 Å². The zero-order chi connectivity index (χ0) is 21.5. The molecule has 1 aromatic carbocycles. The van der Waals surface area contributed by atoms with E-state index in [2.05, 4.69) is 17.2 Å². The number of benzene rings is 1. The summed E-state index contributed by atoms with van der Waals surface area (Å²) < 4.78 is 5.28. The summed E-state index contributed by atoms with van der Waals surface area (Å²) in [6.07, 6.45) is 4.57. The average molecular weight is 410 g/mol. The number of hydrogen-bond donors (Lipinski definition) is 1. The highest BCUT2D eigenvalue weighted by Crippen LogP contribution is 2.38. The molecule has 1 aliphatic heterocycles. The fourth-order valence-corrected chi connectivity index (χ4v) is 4.06. The van der Waals surface area contributed by atoms with Crippen LogP contribution in [-0.2, 0) is 9.59 Å². The van der Waals surface area contributed by atoms with Gasteiger partial charge in [0.1, 0.15) is 5.75 Å². The van der Waals surface area contributed by atoms with Crippen LogP contribution in [0.3, 0.4) is 0 Å². The maximum atomic E-state index is 13.3. The molecule has 6 heteroatoms. The summed E-state index contributed by atoms with van der Waals surface area (Å²) in [5, 5.41) is 3.12. The number of nitrogens with one attached hydrogen (secondary N) is 1. The van der Waals surface area contributed by atoms with E-state index in [4.69, 9.17) is 4.74 Å². The summed E-state index contributed by atoms with van der Waals surface area (Å²) in [7, 11) is 1.63. The molecule has 3 atom stereocenters. The number of nitrogens with zero attached hydrogens (tertiary/aromatic N) is 2. The number of rotatable bonds is 8. The number of piperidine rings is 1. The Balaban J connectivity index is 1.86. The number of pyridine rings is 1. The molecule has 2 aromatic rings. The highest BCUT2D eigenvalue weighted by atomic mass is 16.5. The zero-order valence-electron chi connectivity index (χ0n) is 18.0. The Kier molecular flexibility index (Phi) is 7.44. The van der Waals surface area contributed by atoms with E-state index in [1.807, 2.05) is 54.3 Å². The normalized spacial score (nSPS) is 20.0. The maximum Gasteiger partial charge on any atom is 0.226 e. The third-order valence-electron chi connectivity index (χ3n) is 5.74. The van der Waals surface area contributed by atoms with Crippen LogP contribution in [0.5, 0.6) is 5.75 Å². The third kappa shape index (κ3) is 4.99. The molecule has 30 heavy (non-hydrogen) atoms. The SMILES string of the molecule is CCCCN1C(=O)CC[C@H](C(=O)N[C@@H](C)c2ccccn2)[C@H]1c1ccc(OC)cc1. The minimum Gasteiger partial charge on any atom is -0.497 e. The number of methoxy groups -OCH3 is 1. The first-order valence-electron chi connectivity index (χ1n) is 10.7. The van der Waals surface area contributed by atoms with Crippen molar-refractivity contribution in [2.24, 2.45) is 5.92 Å². The lowest BCUT2D eigenvalue weighted by Crippen LogP contribution is -2.48. The van der Waals surface area contributed by atoms with E-state index >= 15 is 0 Å². The summed E-state index contributed by atoms with van der Waals surface area (Å²) >= 11 is 0. The fraction of sp³-hybridized carbons (Fsp3) is 0.458. The van der Waals surface area contributed by atoms with Crippen molar-refractivity contribution in [2.75, 3.05) is 13.7 Å². The number of carbonyl (C=O) groups is 2. The Morgan fingerprint density at radius 3 is 2.67 bits per heavy atom. The second-order valence-electron chi connectivity index (χ2n) is 7.79. The van der Waals surface area contributed by atoms with Gasteiger partial charge in [-0.3, -0.25) is 14.6 Å². The van der Waals surface area contributed by atoms with E-state index in [1.54, 1.807) is 13.3 Å². The Bertz CT molecular complexity index is 839. The topological polar surface area (TPSA) is 71.5 Å². The number of aromatic nitrogens is 1. The molecule has 0 unspecified atom stereocenters. The van der Waals surface area contributed by atoms with E-state index in [0.717, 1.165) is 29.8 Å².